The molecule has 0 atom stereocenters. The van der Waals surface area contributed by atoms with Crippen LogP contribution < -0.4 is 5.56 Å². The van der Waals surface area contributed by atoms with Gasteiger partial charge in [0, 0.05) is 29.6 Å². The van der Waals surface area contributed by atoms with Gasteiger partial charge in [-0.25, -0.2) is 9.67 Å². The van der Waals surface area contributed by atoms with Gasteiger partial charge in [-0.1, -0.05) is 53.2 Å². The van der Waals surface area contributed by atoms with Crippen LogP contribution in [0.25, 0.3) is 11.2 Å². The summed E-state index contributed by atoms with van der Waals surface area (Å²) in [7, 11) is 0. The molecule has 1 amide bonds. The summed E-state index contributed by atoms with van der Waals surface area (Å²) in [5.41, 5.74) is 2.06. The van der Waals surface area contributed by atoms with Crippen molar-refractivity contribution in [2.75, 3.05) is 13.1 Å². The van der Waals surface area contributed by atoms with E-state index in [-0.39, 0.29) is 22.9 Å². The first-order chi connectivity index (χ1) is 15.6. The molecule has 0 radical (unpaired) electrons. The number of amides is 1. The van der Waals surface area contributed by atoms with Crippen molar-refractivity contribution in [3.63, 3.8) is 0 Å². The van der Waals surface area contributed by atoms with Crippen molar-refractivity contribution < 1.29 is 4.79 Å². The summed E-state index contributed by atoms with van der Waals surface area (Å²) in [6.45, 7) is 1.65. The van der Waals surface area contributed by atoms with Gasteiger partial charge in [0.05, 0.1) is 6.54 Å². The van der Waals surface area contributed by atoms with Gasteiger partial charge in [0.2, 0.25) is 0 Å². The van der Waals surface area contributed by atoms with E-state index in [1.54, 1.807) is 28.9 Å². The number of aromatic amines is 1. The van der Waals surface area contributed by atoms with E-state index < -0.39 is 0 Å². The molecule has 8 nitrogen and oxygen atoms in total. The third-order valence-electron chi connectivity index (χ3n) is 5.81. The average Bonchev–Trinajstić information content (AvgIpc) is 3.22. The second-order valence-corrected chi connectivity index (χ2v) is 8.37. The van der Waals surface area contributed by atoms with Crippen molar-refractivity contribution in [1.82, 2.24) is 29.9 Å². The highest BCUT2D eigenvalue weighted by Gasteiger charge is 2.27. The van der Waals surface area contributed by atoms with Crippen LogP contribution in [0.5, 0.6) is 0 Å². The molecular weight excluding hydrogens is 428 g/mol. The molecule has 1 aliphatic rings. The third kappa shape index (κ3) is 4.01. The van der Waals surface area contributed by atoms with Gasteiger partial charge in [0.15, 0.2) is 11.2 Å². The van der Waals surface area contributed by atoms with E-state index in [4.69, 9.17) is 16.6 Å². The van der Waals surface area contributed by atoms with Crippen molar-refractivity contribution in [2.24, 2.45) is 0 Å². The van der Waals surface area contributed by atoms with Crippen molar-refractivity contribution in [2.45, 2.75) is 25.3 Å². The number of H-pyrrole nitrogens is 1. The van der Waals surface area contributed by atoms with E-state index in [9.17, 15) is 9.59 Å². The number of likely N-dealkylation sites (tertiary alicyclic amines) is 1. The number of piperidine rings is 1. The van der Waals surface area contributed by atoms with E-state index >= 15 is 0 Å². The van der Waals surface area contributed by atoms with Crippen molar-refractivity contribution >= 4 is 28.7 Å². The number of rotatable bonds is 4. The number of benzene rings is 2. The molecule has 2 aromatic heterocycles. The lowest BCUT2D eigenvalue weighted by atomic mass is 9.95. The molecule has 0 spiro atoms. The zero-order valence-electron chi connectivity index (χ0n) is 17.2. The Hall–Kier alpha value is -3.52. The maximum absolute atomic E-state index is 12.8. The smallest absolute Gasteiger partial charge is 0.281 e. The normalized spacial score (nSPS) is 14.7. The quantitative estimate of drug-likeness (QED) is 0.517. The number of carbonyl (C=O) groups is 1. The van der Waals surface area contributed by atoms with Gasteiger partial charge < -0.3 is 9.88 Å². The zero-order chi connectivity index (χ0) is 22.1. The van der Waals surface area contributed by atoms with Gasteiger partial charge in [0.1, 0.15) is 5.82 Å². The molecule has 32 heavy (non-hydrogen) atoms. The Kier molecular flexibility index (Phi) is 5.45. The summed E-state index contributed by atoms with van der Waals surface area (Å²) in [5.74, 6) is 0.637. The molecular formula is C23H21ClN6O2. The van der Waals surface area contributed by atoms with Gasteiger partial charge in [-0.2, -0.15) is 0 Å². The molecule has 5 rings (SSSR count). The second kappa shape index (κ2) is 8.55. The summed E-state index contributed by atoms with van der Waals surface area (Å²) in [5, 5.41) is 8.70. The SMILES string of the molecule is O=C(c1cccc(Cl)c1)N1CCC(c2nc3c(nnn3Cc3ccccc3)c(=O)[nH]2)CC1. The highest BCUT2D eigenvalue weighted by atomic mass is 35.5. The molecule has 1 saturated heterocycles. The lowest BCUT2D eigenvalue weighted by Gasteiger charge is -2.31. The minimum Gasteiger partial charge on any atom is -0.339 e. The first-order valence-electron chi connectivity index (χ1n) is 10.5. The van der Waals surface area contributed by atoms with Crippen molar-refractivity contribution in [3.8, 4) is 0 Å². The van der Waals surface area contributed by atoms with E-state index in [1.807, 2.05) is 35.2 Å². The van der Waals surface area contributed by atoms with Gasteiger partial charge in [-0.15, -0.1) is 5.10 Å². The molecule has 2 aromatic carbocycles. The average molecular weight is 449 g/mol. The maximum Gasteiger partial charge on any atom is 0.281 e. The van der Waals surface area contributed by atoms with Gasteiger partial charge in [-0.05, 0) is 36.6 Å². The number of aromatic nitrogens is 5. The van der Waals surface area contributed by atoms with Crippen LogP contribution in [-0.2, 0) is 6.54 Å². The minimum absolute atomic E-state index is 0.0343. The summed E-state index contributed by atoms with van der Waals surface area (Å²) >= 11 is 6.02. The summed E-state index contributed by atoms with van der Waals surface area (Å²) < 4.78 is 1.65. The monoisotopic (exact) mass is 448 g/mol. The molecule has 0 unspecified atom stereocenters. The predicted molar refractivity (Wildman–Crippen MR) is 121 cm³/mol. The van der Waals surface area contributed by atoms with Crippen LogP contribution in [-0.4, -0.2) is 48.9 Å². The van der Waals surface area contributed by atoms with Crippen LogP contribution in [0.2, 0.25) is 5.02 Å². The number of nitrogens with one attached hydrogen (secondary N) is 1. The van der Waals surface area contributed by atoms with Crippen LogP contribution in [0.15, 0.2) is 59.4 Å². The summed E-state index contributed by atoms with van der Waals surface area (Å²) in [6.07, 6.45) is 1.42. The number of halogens is 1. The molecule has 1 fully saturated rings. The Morgan fingerprint density at radius 3 is 2.62 bits per heavy atom. The number of fused-ring (bicyclic) bond motifs is 1. The number of hydrogen-bond acceptors (Lipinski definition) is 5. The Balaban J connectivity index is 1.35. The molecule has 9 heteroatoms. The topological polar surface area (TPSA) is 96.8 Å². The van der Waals surface area contributed by atoms with Crippen LogP contribution in [0, 0.1) is 0 Å². The van der Waals surface area contributed by atoms with Crippen LogP contribution in [0.1, 0.15) is 40.5 Å². The predicted octanol–water partition coefficient (Wildman–Crippen LogP) is 3.24. The highest BCUT2D eigenvalue weighted by Crippen LogP contribution is 2.27. The van der Waals surface area contributed by atoms with Gasteiger partial charge >= 0.3 is 0 Å². The maximum atomic E-state index is 12.8. The Labute approximate surface area is 188 Å². The molecule has 0 bridgehead atoms. The van der Waals surface area contributed by atoms with Gasteiger partial charge in [0.25, 0.3) is 11.5 Å². The summed E-state index contributed by atoms with van der Waals surface area (Å²) in [4.78, 5) is 34.8. The lowest BCUT2D eigenvalue weighted by molar-refractivity contribution is 0.0711. The number of nitrogens with zero attached hydrogens (tertiary/aromatic N) is 5. The van der Waals surface area contributed by atoms with Gasteiger partial charge in [-0.3, -0.25) is 9.59 Å². The molecule has 4 aromatic rings. The minimum atomic E-state index is -0.290. The molecule has 0 aliphatic carbocycles. The molecule has 1 aliphatic heterocycles. The van der Waals surface area contributed by atoms with Crippen LogP contribution in [0.4, 0.5) is 0 Å². The van der Waals surface area contributed by atoms with Crippen molar-refractivity contribution in [1.29, 1.82) is 0 Å². The van der Waals surface area contributed by atoms with E-state index in [0.29, 0.717) is 54.5 Å². The molecule has 3 heterocycles. The largest absolute Gasteiger partial charge is 0.339 e. The molecule has 1 N–H and O–H groups in total. The highest BCUT2D eigenvalue weighted by molar-refractivity contribution is 6.30. The first kappa shape index (κ1) is 20.4. The Morgan fingerprint density at radius 2 is 1.88 bits per heavy atom. The van der Waals surface area contributed by atoms with Crippen molar-refractivity contribution in [3.05, 3.63) is 86.9 Å². The first-order valence-corrected chi connectivity index (χ1v) is 10.9. The Bertz CT molecular complexity index is 1330. The van der Waals surface area contributed by atoms with E-state index in [2.05, 4.69) is 15.3 Å². The zero-order valence-corrected chi connectivity index (χ0v) is 18.0. The standard InChI is InChI=1S/C23H21ClN6O2/c24-18-8-4-7-17(13-18)23(32)29-11-9-16(10-12-29)20-25-21-19(22(31)26-20)27-28-30(21)14-15-5-2-1-3-6-15/h1-8,13,16H,9-12,14H2,(H,25,26,31). The van der Waals surface area contributed by atoms with Crippen LogP contribution >= 0.6 is 11.6 Å². The second-order valence-electron chi connectivity index (χ2n) is 7.93. The van der Waals surface area contributed by atoms with Crippen LogP contribution in [0.3, 0.4) is 0 Å². The third-order valence-corrected chi connectivity index (χ3v) is 6.04. The molecule has 0 saturated carbocycles. The summed E-state index contributed by atoms with van der Waals surface area (Å²) in [6, 6.07) is 16.8. The van der Waals surface area contributed by atoms with E-state index in [1.165, 1.54) is 0 Å². The molecule has 162 valence electrons. The fourth-order valence-corrected chi connectivity index (χ4v) is 4.29. The fraction of sp³-hybridized carbons (Fsp3) is 0.261. The number of hydrogen-bond donors (Lipinski definition) is 1. The fourth-order valence-electron chi connectivity index (χ4n) is 4.10. The Morgan fingerprint density at radius 1 is 1.09 bits per heavy atom. The van der Waals surface area contributed by atoms with E-state index in [0.717, 1.165) is 5.56 Å². The number of carbonyl (C=O) groups excluding carboxylic acids is 1. The lowest BCUT2D eigenvalue weighted by Crippen LogP contribution is -2.38.